The van der Waals surface area contributed by atoms with Crippen molar-refractivity contribution in [3.05, 3.63) is 34.5 Å². The second-order valence-corrected chi connectivity index (χ2v) is 4.86. The van der Waals surface area contributed by atoms with Gasteiger partial charge in [-0.2, -0.15) is 5.10 Å². The molecule has 0 amide bonds. The van der Waals surface area contributed by atoms with Crippen LogP contribution < -0.4 is 11.3 Å². The maximum atomic E-state index is 12.1. The summed E-state index contributed by atoms with van der Waals surface area (Å²) in [6, 6.07) is 1.80. The van der Waals surface area contributed by atoms with Gasteiger partial charge in [0.15, 0.2) is 0 Å². The minimum atomic E-state index is -0.00609. The van der Waals surface area contributed by atoms with Crippen LogP contribution in [-0.2, 0) is 6.54 Å². The van der Waals surface area contributed by atoms with Crippen LogP contribution in [0.3, 0.4) is 0 Å². The first kappa shape index (κ1) is 12.8. The Bertz CT molecular complexity index is 629. The fourth-order valence-electron chi connectivity index (χ4n) is 1.91. The first-order valence-electron chi connectivity index (χ1n) is 5.91. The van der Waals surface area contributed by atoms with E-state index in [1.54, 1.807) is 27.5 Å². The van der Waals surface area contributed by atoms with E-state index in [9.17, 15) is 4.79 Å². The molecule has 0 saturated carbocycles. The molecule has 0 saturated heterocycles. The average molecular weight is 264 g/mol. The lowest BCUT2D eigenvalue weighted by Crippen LogP contribution is -2.21. The first-order chi connectivity index (χ1) is 8.58. The SMILES string of the molecule is Cc1cc2c(=O)n(CCCCC(N)=S)ccn2n1. The number of nitrogens with zero attached hydrogens (tertiary/aromatic N) is 3. The molecule has 2 rings (SSSR count). The van der Waals surface area contributed by atoms with E-state index in [-0.39, 0.29) is 5.56 Å². The highest BCUT2D eigenvalue weighted by molar-refractivity contribution is 7.80. The van der Waals surface area contributed by atoms with Gasteiger partial charge in [-0.15, -0.1) is 0 Å². The smallest absolute Gasteiger partial charge is 0.276 e. The number of aromatic nitrogens is 3. The summed E-state index contributed by atoms with van der Waals surface area (Å²) >= 11 is 4.82. The highest BCUT2D eigenvalue weighted by Gasteiger charge is 2.04. The molecule has 0 aliphatic heterocycles. The second-order valence-electron chi connectivity index (χ2n) is 4.34. The maximum Gasteiger partial charge on any atom is 0.276 e. The van der Waals surface area contributed by atoms with Gasteiger partial charge in [-0.3, -0.25) is 4.79 Å². The van der Waals surface area contributed by atoms with Crippen LogP contribution in [0.15, 0.2) is 23.3 Å². The molecule has 0 aliphatic rings. The van der Waals surface area contributed by atoms with Crippen molar-refractivity contribution < 1.29 is 0 Å². The number of rotatable bonds is 5. The lowest BCUT2D eigenvalue weighted by Gasteiger charge is -2.05. The average Bonchev–Trinajstić information content (AvgIpc) is 2.68. The summed E-state index contributed by atoms with van der Waals surface area (Å²) in [5.74, 6) is 0. The van der Waals surface area contributed by atoms with Crippen molar-refractivity contribution in [3.63, 3.8) is 0 Å². The van der Waals surface area contributed by atoms with E-state index in [0.29, 0.717) is 17.0 Å². The largest absolute Gasteiger partial charge is 0.393 e. The van der Waals surface area contributed by atoms with E-state index >= 15 is 0 Å². The molecule has 0 aliphatic carbocycles. The van der Waals surface area contributed by atoms with Gasteiger partial charge < -0.3 is 10.3 Å². The Morgan fingerprint density at radius 3 is 2.94 bits per heavy atom. The molecule has 2 heterocycles. The Labute approximate surface area is 110 Å². The van der Waals surface area contributed by atoms with Gasteiger partial charge in [0, 0.05) is 18.9 Å². The van der Waals surface area contributed by atoms with Gasteiger partial charge in [0.1, 0.15) is 5.52 Å². The minimum Gasteiger partial charge on any atom is -0.393 e. The van der Waals surface area contributed by atoms with Crippen molar-refractivity contribution in [3.8, 4) is 0 Å². The van der Waals surface area contributed by atoms with Crippen LogP contribution in [0.5, 0.6) is 0 Å². The topological polar surface area (TPSA) is 65.3 Å². The van der Waals surface area contributed by atoms with Crippen molar-refractivity contribution in [2.45, 2.75) is 32.7 Å². The molecule has 0 unspecified atom stereocenters. The zero-order valence-electron chi connectivity index (χ0n) is 10.3. The van der Waals surface area contributed by atoms with Gasteiger partial charge >= 0.3 is 0 Å². The van der Waals surface area contributed by atoms with Crippen molar-refractivity contribution in [2.24, 2.45) is 5.73 Å². The third-order valence-electron chi connectivity index (χ3n) is 2.80. The van der Waals surface area contributed by atoms with Gasteiger partial charge in [-0.25, -0.2) is 4.52 Å². The molecule has 96 valence electrons. The van der Waals surface area contributed by atoms with Crippen molar-refractivity contribution in [2.75, 3.05) is 0 Å². The van der Waals surface area contributed by atoms with Gasteiger partial charge in [-0.1, -0.05) is 12.2 Å². The first-order valence-corrected chi connectivity index (χ1v) is 6.32. The number of unbranched alkanes of at least 4 members (excludes halogenated alkanes) is 1. The summed E-state index contributed by atoms with van der Waals surface area (Å²) in [5, 5.41) is 4.20. The van der Waals surface area contributed by atoms with Crippen LogP contribution in [0.4, 0.5) is 0 Å². The predicted molar refractivity (Wildman–Crippen MR) is 74.8 cm³/mol. The van der Waals surface area contributed by atoms with Crippen LogP contribution >= 0.6 is 12.2 Å². The zero-order valence-corrected chi connectivity index (χ0v) is 11.1. The number of nitrogens with two attached hydrogens (primary N) is 1. The van der Waals surface area contributed by atoms with Gasteiger partial charge in [0.05, 0.1) is 10.7 Å². The molecule has 0 aromatic carbocycles. The van der Waals surface area contributed by atoms with E-state index in [0.717, 1.165) is 25.0 Å². The molecule has 2 N–H and O–H groups in total. The molecule has 2 aromatic heterocycles. The summed E-state index contributed by atoms with van der Waals surface area (Å²) in [7, 11) is 0. The van der Waals surface area contributed by atoms with Gasteiger partial charge in [0.2, 0.25) is 0 Å². The number of hydrogen-bond acceptors (Lipinski definition) is 3. The molecule has 0 bridgehead atoms. The highest BCUT2D eigenvalue weighted by atomic mass is 32.1. The van der Waals surface area contributed by atoms with E-state index in [1.165, 1.54) is 0 Å². The highest BCUT2D eigenvalue weighted by Crippen LogP contribution is 2.02. The summed E-state index contributed by atoms with van der Waals surface area (Å²) in [6.45, 7) is 2.56. The Morgan fingerprint density at radius 2 is 2.22 bits per heavy atom. The monoisotopic (exact) mass is 264 g/mol. The molecule has 0 atom stereocenters. The lowest BCUT2D eigenvalue weighted by molar-refractivity contribution is 0.599. The van der Waals surface area contributed by atoms with Gasteiger partial charge in [-0.05, 0) is 32.3 Å². The van der Waals surface area contributed by atoms with E-state index in [1.807, 2.05) is 6.92 Å². The molecule has 2 aromatic rings. The van der Waals surface area contributed by atoms with Crippen molar-refractivity contribution in [1.29, 1.82) is 0 Å². The molecular weight excluding hydrogens is 248 g/mol. The van der Waals surface area contributed by atoms with Crippen LogP contribution in [-0.4, -0.2) is 19.2 Å². The van der Waals surface area contributed by atoms with E-state index in [4.69, 9.17) is 18.0 Å². The minimum absolute atomic E-state index is 0.00609. The summed E-state index contributed by atoms with van der Waals surface area (Å²) in [5.41, 5.74) is 6.88. The predicted octanol–water partition coefficient (Wildman–Crippen LogP) is 1.26. The lowest BCUT2D eigenvalue weighted by atomic mass is 10.2. The number of aryl methyl sites for hydroxylation is 2. The normalized spacial score (nSPS) is 10.9. The number of fused-ring (bicyclic) bond motifs is 1. The Balaban J connectivity index is 2.11. The molecule has 0 radical (unpaired) electrons. The molecule has 0 spiro atoms. The third kappa shape index (κ3) is 2.76. The van der Waals surface area contributed by atoms with Crippen LogP contribution in [0, 0.1) is 6.92 Å². The van der Waals surface area contributed by atoms with Crippen LogP contribution in [0.25, 0.3) is 5.52 Å². The summed E-state index contributed by atoms with van der Waals surface area (Å²) in [4.78, 5) is 12.7. The number of thiocarbonyl (C=S) groups is 1. The van der Waals surface area contributed by atoms with E-state index < -0.39 is 0 Å². The third-order valence-corrected chi connectivity index (χ3v) is 3.00. The zero-order chi connectivity index (χ0) is 13.1. The molecule has 0 fully saturated rings. The standard InChI is InChI=1S/C12H16N4OS/c1-9-8-10-12(17)15(6-7-16(10)14-9)5-3-2-4-11(13)18/h6-8H,2-5H2,1H3,(H2,13,18). The molecule has 6 heteroatoms. The molecule has 18 heavy (non-hydrogen) atoms. The Kier molecular flexibility index (Phi) is 3.76. The fourth-order valence-corrected chi connectivity index (χ4v) is 2.05. The molecular formula is C12H16N4OS. The van der Waals surface area contributed by atoms with Crippen molar-refractivity contribution in [1.82, 2.24) is 14.2 Å². The van der Waals surface area contributed by atoms with Crippen LogP contribution in [0.2, 0.25) is 0 Å². The Morgan fingerprint density at radius 1 is 1.44 bits per heavy atom. The fraction of sp³-hybridized carbons (Fsp3) is 0.417. The quantitative estimate of drug-likeness (QED) is 0.652. The van der Waals surface area contributed by atoms with Crippen molar-refractivity contribution >= 4 is 22.7 Å². The van der Waals surface area contributed by atoms with Crippen LogP contribution in [0.1, 0.15) is 25.0 Å². The summed E-state index contributed by atoms with van der Waals surface area (Å²) in [6.07, 6.45) is 6.10. The maximum absolute atomic E-state index is 12.1. The van der Waals surface area contributed by atoms with Gasteiger partial charge in [0.25, 0.3) is 5.56 Å². The second kappa shape index (κ2) is 5.30. The number of hydrogen-bond donors (Lipinski definition) is 1. The summed E-state index contributed by atoms with van der Waals surface area (Å²) < 4.78 is 3.32. The van der Waals surface area contributed by atoms with E-state index in [2.05, 4.69) is 5.10 Å². The Hall–Kier alpha value is -1.69. The molecule has 5 nitrogen and oxygen atoms in total.